The van der Waals surface area contributed by atoms with Crippen molar-refractivity contribution in [1.82, 2.24) is 0 Å². The van der Waals surface area contributed by atoms with E-state index in [1.54, 1.807) is 0 Å². The third-order valence-electron chi connectivity index (χ3n) is 3.32. The van der Waals surface area contributed by atoms with Crippen LogP contribution in [0, 0.1) is 0 Å². The van der Waals surface area contributed by atoms with Gasteiger partial charge >= 0.3 is 0 Å². The summed E-state index contributed by atoms with van der Waals surface area (Å²) in [6.45, 7) is 3.75. The van der Waals surface area contributed by atoms with Crippen molar-refractivity contribution in [1.29, 1.82) is 0 Å². The van der Waals surface area contributed by atoms with Crippen LogP contribution in [-0.2, 0) is 0 Å². The Labute approximate surface area is 137 Å². The van der Waals surface area contributed by atoms with Gasteiger partial charge in [0.05, 0.1) is 5.03 Å². The molecule has 0 spiro atoms. The van der Waals surface area contributed by atoms with Gasteiger partial charge in [0.25, 0.3) is 0 Å². The van der Waals surface area contributed by atoms with Gasteiger partial charge in [-0.15, -0.1) is 6.58 Å². The molecule has 0 nitrogen and oxygen atoms in total. The van der Waals surface area contributed by atoms with Crippen LogP contribution in [0.3, 0.4) is 0 Å². The molecule has 0 saturated carbocycles. The van der Waals surface area contributed by atoms with Crippen molar-refractivity contribution in [2.45, 2.75) is 51.4 Å². The molecule has 0 aliphatic rings. The molecule has 0 aliphatic heterocycles. The van der Waals surface area contributed by atoms with Gasteiger partial charge in [0.2, 0.25) is 0 Å². The summed E-state index contributed by atoms with van der Waals surface area (Å²) < 4.78 is 1.12. The molecular weight excluding hydrogens is 332 g/mol. The molecule has 0 unspecified atom stereocenters. The number of benzene rings is 1. The summed E-state index contributed by atoms with van der Waals surface area (Å²) >= 11 is 10.00. The van der Waals surface area contributed by atoms with Crippen LogP contribution in [0.25, 0.3) is 5.03 Å². The van der Waals surface area contributed by atoms with Gasteiger partial charge in [-0.05, 0) is 31.2 Å². The summed E-state index contributed by atoms with van der Waals surface area (Å²) in [7, 11) is 0. The topological polar surface area (TPSA) is 0 Å². The lowest BCUT2D eigenvalue weighted by Crippen LogP contribution is -1.83. The molecule has 0 bridgehead atoms. The van der Waals surface area contributed by atoms with E-state index < -0.39 is 0 Å². The van der Waals surface area contributed by atoms with Crippen LogP contribution < -0.4 is 0 Å². The fraction of sp³-hybridized carbons (Fsp3) is 0.444. The highest BCUT2D eigenvalue weighted by molar-refractivity contribution is 9.11. The smallest absolute Gasteiger partial charge is 0.0579 e. The predicted octanol–water partition coefficient (Wildman–Crippen LogP) is 7.30. The molecule has 0 radical (unpaired) electrons. The average Bonchev–Trinajstić information content (AvgIpc) is 2.50. The summed E-state index contributed by atoms with van der Waals surface area (Å²) in [4.78, 5) is 0. The van der Waals surface area contributed by atoms with E-state index in [0.717, 1.165) is 27.9 Å². The lowest BCUT2D eigenvalue weighted by molar-refractivity contribution is 0.599. The second-order valence-electron chi connectivity index (χ2n) is 5.03. The monoisotopic (exact) mass is 354 g/mol. The Morgan fingerprint density at radius 2 is 1.60 bits per heavy atom. The van der Waals surface area contributed by atoms with E-state index in [2.05, 4.69) is 22.5 Å². The molecule has 0 fully saturated rings. The molecule has 2 heteroatoms. The molecule has 20 heavy (non-hydrogen) atoms. The van der Waals surface area contributed by atoms with Crippen LogP contribution >= 0.6 is 27.5 Å². The second-order valence-corrected chi connectivity index (χ2v) is 6.37. The molecule has 0 aliphatic carbocycles. The van der Waals surface area contributed by atoms with Gasteiger partial charge in [0, 0.05) is 4.48 Å². The number of hydrogen-bond donors (Lipinski definition) is 0. The highest BCUT2D eigenvalue weighted by Crippen LogP contribution is 2.30. The average molecular weight is 356 g/mol. The van der Waals surface area contributed by atoms with E-state index in [1.807, 2.05) is 36.4 Å². The van der Waals surface area contributed by atoms with Gasteiger partial charge in [-0.25, -0.2) is 0 Å². The first-order chi connectivity index (χ1) is 9.75. The summed E-state index contributed by atoms with van der Waals surface area (Å²) in [6, 6.07) is 10.1. The molecule has 1 aromatic rings. The normalized spacial score (nSPS) is 12.1. The third kappa shape index (κ3) is 7.31. The zero-order valence-electron chi connectivity index (χ0n) is 12.1. The Balaban J connectivity index is 2.19. The minimum absolute atomic E-state index is 0.844. The van der Waals surface area contributed by atoms with Crippen molar-refractivity contribution >= 4 is 32.6 Å². The Bertz CT molecular complexity index is 409. The number of rotatable bonds is 10. The van der Waals surface area contributed by atoms with E-state index >= 15 is 0 Å². The lowest BCUT2D eigenvalue weighted by atomic mass is 10.1. The van der Waals surface area contributed by atoms with Crippen LogP contribution in [0.4, 0.5) is 0 Å². The molecule has 1 rings (SSSR count). The zero-order valence-corrected chi connectivity index (χ0v) is 14.4. The van der Waals surface area contributed by atoms with Crippen molar-refractivity contribution in [2.75, 3.05) is 0 Å². The first-order valence-corrected chi connectivity index (χ1v) is 8.63. The highest BCUT2D eigenvalue weighted by Gasteiger charge is 2.03. The Hall–Kier alpha value is -0.530. The van der Waals surface area contributed by atoms with Crippen molar-refractivity contribution in [2.24, 2.45) is 0 Å². The third-order valence-corrected chi connectivity index (χ3v) is 4.79. The largest absolute Gasteiger partial charge is 0.103 e. The first kappa shape index (κ1) is 17.5. The molecule has 0 heterocycles. The molecule has 0 saturated heterocycles. The molecule has 0 amide bonds. The van der Waals surface area contributed by atoms with Crippen molar-refractivity contribution in [3.05, 3.63) is 53.0 Å². The van der Waals surface area contributed by atoms with Gasteiger partial charge in [-0.3, -0.25) is 0 Å². The lowest BCUT2D eigenvalue weighted by Gasteiger charge is -2.05. The van der Waals surface area contributed by atoms with E-state index in [0.29, 0.717) is 0 Å². The van der Waals surface area contributed by atoms with Crippen molar-refractivity contribution in [3.63, 3.8) is 0 Å². The van der Waals surface area contributed by atoms with Gasteiger partial charge in [-0.2, -0.15) is 0 Å². The second kappa shape index (κ2) is 11.2. The van der Waals surface area contributed by atoms with Crippen LogP contribution in [0.1, 0.15) is 56.9 Å². The first-order valence-electron chi connectivity index (χ1n) is 7.46. The van der Waals surface area contributed by atoms with Crippen LogP contribution in [-0.4, -0.2) is 0 Å². The molecular formula is C18H24BrCl. The van der Waals surface area contributed by atoms with E-state index in [9.17, 15) is 0 Å². The maximum atomic E-state index is 6.38. The number of allylic oxidation sites excluding steroid dienone is 2. The predicted molar refractivity (Wildman–Crippen MR) is 95.3 cm³/mol. The van der Waals surface area contributed by atoms with E-state index in [-0.39, 0.29) is 0 Å². The zero-order chi connectivity index (χ0) is 14.6. The quantitative estimate of drug-likeness (QED) is 0.305. The number of halogens is 2. The van der Waals surface area contributed by atoms with Crippen LogP contribution in [0.15, 0.2) is 47.5 Å². The summed E-state index contributed by atoms with van der Waals surface area (Å²) in [5.74, 6) is 0. The Kier molecular flexibility index (Phi) is 9.78. The van der Waals surface area contributed by atoms with Crippen LogP contribution in [0.5, 0.6) is 0 Å². The SMILES string of the molecule is C=CCCCCCCCC/C(Br)=C(/Cl)c1ccccc1. The minimum Gasteiger partial charge on any atom is -0.103 e. The molecule has 0 atom stereocenters. The molecule has 0 N–H and O–H groups in total. The standard InChI is InChI=1S/C18H24BrCl/c1-2-3-4-5-6-7-8-12-15-17(19)18(20)16-13-10-9-11-14-16/h2,9-11,13-14H,1,3-8,12,15H2/b18-17-. The molecule has 0 aromatic heterocycles. The summed E-state index contributed by atoms with van der Waals surface area (Å²) in [6.07, 6.45) is 11.9. The van der Waals surface area contributed by atoms with Gasteiger partial charge < -0.3 is 0 Å². The van der Waals surface area contributed by atoms with E-state index in [4.69, 9.17) is 11.6 Å². The maximum Gasteiger partial charge on any atom is 0.0579 e. The van der Waals surface area contributed by atoms with Gasteiger partial charge in [0.1, 0.15) is 0 Å². The van der Waals surface area contributed by atoms with Crippen molar-refractivity contribution in [3.8, 4) is 0 Å². The maximum absolute atomic E-state index is 6.38. The van der Waals surface area contributed by atoms with Crippen LogP contribution in [0.2, 0.25) is 0 Å². The Morgan fingerprint density at radius 3 is 2.25 bits per heavy atom. The summed E-state index contributed by atoms with van der Waals surface area (Å²) in [5, 5.41) is 0.844. The number of unbranched alkanes of at least 4 members (excludes halogenated alkanes) is 6. The van der Waals surface area contributed by atoms with Crippen molar-refractivity contribution < 1.29 is 0 Å². The summed E-state index contributed by atoms with van der Waals surface area (Å²) in [5.41, 5.74) is 1.09. The Morgan fingerprint density at radius 1 is 1.00 bits per heavy atom. The fourth-order valence-electron chi connectivity index (χ4n) is 2.13. The van der Waals surface area contributed by atoms with E-state index in [1.165, 1.54) is 38.5 Å². The molecule has 110 valence electrons. The minimum atomic E-state index is 0.844. The number of hydrogen-bond acceptors (Lipinski definition) is 0. The van der Waals surface area contributed by atoms with Gasteiger partial charge in [-0.1, -0.05) is 89.6 Å². The fourth-order valence-corrected chi connectivity index (χ4v) is 2.86. The highest BCUT2D eigenvalue weighted by atomic mass is 79.9. The molecule has 1 aromatic carbocycles. The van der Waals surface area contributed by atoms with Gasteiger partial charge in [0.15, 0.2) is 0 Å².